The van der Waals surface area contributed by atoms with Crippen LogP contribution in [0.2, 0.25) is 10.0 Å². The van der Waals surface area contributed by atoms with E-state index in [0.29, 0.717) is 22.3 Å². The van der Waals surface area contributed by atoms with E-state index in [0.717, 1.165) is 42.5 Å². The van der Waals surface area contributed by atoms with Crippen LogP contribution in [-0.4, -0.2) is 64.2 Å². The molecule has 0 aliphatic carbocycles. The third-order valence-corrected chi connectivity index (χ3v) is 5.37. The maximum atomic E-state index is 12.8. The minimum Gasteiger partial charge on any atom is -0.353 e. The van der Waals surface area contributed by atoms with Crippen molar-refractivity contribution >= 4 is 41.0 Å². The largest absolute Gasteiger partial charge is 0.453 e. The number of halogens is 5. The minimum absolute atomic E-state index is 0.0928. The second kappa shape index (κ2) is 9.80. The number of nitrogens with zero attached hydrogens (tertiary/aromatic N) is 6. The molecule has 1 fully saturated rings. The normalized spacial score (nSPS) is 15.0. The van der Waals surface area contributed by atoms with Crippen molar-refractivity contribution in [2.75, 3.05) is 38.1 Å². The summed E-state index contributed by atoms with van der Waals surface area (Å²) in [7, 11) is 2.01. The molecule has 0 atom stereocenters. The van der Waals surface area contributed by atoms with Crippen LogP contribution in [0, 0.1) is 0 Å². The highest BCUT2D eigenvalue weighted by Gasteiger charge is 2.37. The average Bonchev–Trinajstić information content (AvgIpc) is 3.16. The van der Waals surface area contributed by atoms with Gasteiger partial charge in [0.2, 0.25) is 0 Å². The number of likely N-dealkylation sites (N-methyl/N-ethyl adjacent to an activating group) is 1. The van der Waals surface area contributed by atoms with Crippen molar-refractivity contribution < 1.29 is 18.0 Å². The first-order chi connectivity index (χ1) is 14.7. The molecule has 0 amide bonds. The molecule has 1 aliphatic rings. The molecule has 166 valence electrons. The maximum absolute atomic E-state index is 12.8. The summed E-state index contributed by atoms with van der Waals surface area (Å²) in [6.45, 7) is 3.18. The summed E-state index contributed by atoms with van der Waals surface area (Å²) in [6.07, 6.45) is -3.34. The quantitative estimate of drug-likeness (QED) is 0.540. The van der Waals surface area contributed by atoms with E-state index >= 15 is 0 Å². The van der Waals surface area contributed by atoms with Gasteiger partial charge in [0, 0.05) is 32.6 Å². The van der Waals surface area contributed by atoms with Crippen LogP contribution in [0.4, 0.5) is 19.0 Å². The molecule has 0 spiro atoms. The zero-order valence-corrected chi connectivity index (χ0v) is 18.0. The molecule has 1 aromatic carbocycles. The van der Waals surface area contributed by atoms with Gasteiger partial charge in [-0.1, -0.05) is 29.3 Å². The van der Waals surface area contributed by atoms with E-state index in [1.54, 1.807) is 24.3 Å². The van der Waals surface area contributed by atoms with Crippen LogP contribution in [0.1, 0.15) is 11.4 Å². The van der Waals surface area contributed by atoms with E-state index < -0.39 is 12.0 Å². The summed E-state index contributed by atoms with van der Waals surface area (Å²) in [5.41, 5.74) is 0.976. The molecular weight excluding hydrogens is 456 g/mol. The Morgan fingerprint density at radius 1 is 1.03 bits per heavy atom. The van der Waals surface area contributed by atoms with Gasteiger partial charge in [-0.05, 0) is 36.9 Å². The standard InChI is InChI=1S/C11H13F3N6.C8H6Cl2O/c1-18-4-6-19(7-5-18)9-3-2-8-15-16-10(11(12,13)14)20(8)17-9;9-7-2-1-6(3-4-11)5-8(7)10/h2-3H,4-7H2,1H3;1-2,4-5H,3H2. The first-order valence-corrected chi connectivity index (χ1v) is 10.1. The predicted molar refractivity (Wildman–Crippen MR) is 112 cm³/mol. The molecule has 0 saturated carbocycles. The lowest BCUT2D eigenvalue weighted by Gasteiger charge is -2.33. The number of benzene rings is 1. The number of hydrogen-bond donors (Lipinski definition) is 0. The number of anilines is 1. The number of fused-ring (bicyclic) bond motifs is 1. The summed E-state index contributed by atoms with van der Waals surface area (Å²) < 4.78 is 39.1. The Bertz CT molecular complexity index is 1050. The van der Waals surface area contributed by atoms with Gasteiger partial charge in [-0.3, -0.25) is 0 Å². The molecule has 4 rings (SSSR count). The van der Waals surface area contributed by atoms with Gasteiger partial charge in [0.1, 0.15) is 12.1 Å². The van der Waals surface area contributed by atoms with Crippen LogP contribution in [0.5, 0.6) is 0 Å². The van der Waals surface area contributed by atoms with E-state index in [1.807, 2.05) is 11.9 Å². The number of carbonyl (C=O) groups is 1. The van der Waals surface area contributed by atoms with Gasteiger partial charge in [0.05, 0.1) is 10.0 Å². The minimum atomic E-state index is -4.56. The lowest BCUT2D eigenvalue weighted by Crippen LogP contribution is -2.45. The summed E-state index contributed by atoms with van der Waals surface area (Å²) in [6, 6.07) is 8.34. The van der Waals surface area contributed by atoms with E-state index in [4.69, 9.17) is 23.2 Å². The lowest BCUT2D eigenvalue weighted by atomic mass is 10.2. The Balaban J connectivity index is 0.000000210. The van der Waals surface area contributed by atoms with E-state index in [9.17, 15) is 18.0 Å². The number of carbonyl (C=O) groups excluding carboxylic acids is 1. The van der Waals surface area contributed by atoms with E-state index in [2.05, 4.69) is 20.2 Å². The SMILES string of the molecule is CN1CCN(c2ccc3nnc(C(F)(F)F)n3n2)CC1.O=CCc1ccc(Cl)c(Cl)c1. The highest BCUT2D eigenvalue weighted by Crippen LogP contribution is 2.28. The summed E-state index contributed by atoms with van der Waals surface area (Å²) >= 11 is 11.4. The Kier molecular flexibility index (Phi) is 7.34. The summed E-state index contributed by atoms with van der Waals surface area (Å²) in [4.78, 5) is 14.2. The number of piperazine rings is 1. The van der Waals surface area contributed by atoms with Gasteiger partial charge >= 0.3 is 6.18 Å². The van der Waals surface area contributed by atoms with Crippen LogP contribution >= 0.6 is 23.2 Å². The molecule has 0 radical (unpaired) electrons. The maximum Gasteiger partial charge on any atom is 0.453 e. The topological polar surface area (TPSA) is 66.6 Å². The number of hydrogen-bond acceptors (Lipinski definition) is 6. The molecule has 0 N–H and O–H groups in total. The first kappa shape index (κ1) is 23.2. The molecule has 7 nitrogen and oxygen atoms in total. The van der Waals surface area contributed by atoms with Gasteiger partial charge in [0.25, 0.3) is 5.82 Å². The molecule has 3 aromatic rings. The molecule has 12 heteroatoms. The molecule has 3 heterocycles. The van der Waals surface area contributed by atoms with Gasteiger partial charge in [-0.15, -0.1) is 15.3 Å². The first-order valence-electron chi connectivity index (χ1n) is 9.29. The fourth-order valence-corrected chi connectivity index (χ4v) is 3.24. The van der Waals surface area contributed by atoms with Crippen molar-refractivity contribution in [2.24, 2.45) is 0 Å². The number of rotatable bonds is 3. The highest BCUT2D eigenvalue weighted by atomic mass is 35.5. The molecule has 2 aromatic heterocycles. The average molecular weight is 475 g/mol. The van der Waals surface area contributed by atoms with Crippen LogP contribution in [0.3, 0.4) is 0 Å². The predicted octanol–water partition coefficient (Wildman–Crippen LogP) is 3.63. The molecule has 1 saturated heterocycles. The molecule has 0 bridgehead atoms. The Morgan fingerprint density at radius 2 is 1.74 bits per heavy atom. The third-order valence-electron chi connectivity index (χ3n) is 4.63. The van der Waals surface area contributed by atoms with Crippen LogP contribution < -0.4 is 4.90 Å². The lowest BCUT2D eigenvalue weighted by molar-refractivity contribution is -0.146. The monoisotopic (exact) mass is 474 g/mol. The van der Waals surface area contributed by atoms with Crippen LogP contribution in [-0.2, 0) is 17.4 Å². The second-order valence-corrected chi connectivity index (χ2v) is 7.71. The summed E-state index contributed by atoms with van der Waals surface area (Å²) in [5, 5.41) is 11.7. The third kappa shape index (κ3) is 5.84. The van der Waals surface area contributed by atoms with Crippen molar-refractivity contribution in [3.05, 3.63) is 51.8 Å². The Morgan fingerprint density at radius 3 is 2.35 bits per heavy atom. The number of aldehydes is 1. The molecular formula is C19H19Cl2F3N6O. The van der Waals surface area contributed by atoms with Crippen molar-refractivity contribution in [3.63, 3.8) is 0 Å². The zero-order chi connectivity index (χ0) is 22.6. The smallest absolute Gasteiger partial charge is 0.353 e. The van der Waals surface area contributed by atoms with Gasteiger partial charge < -0.3 is 14.6 Å². The van der Waals surface area contributed by atoms with E-state index in [1.165, 1.54) is 6.07 Å². The number of aromatic nitrogens is 4. The fourth-order valence-electron chi connectivity index (χ4n) is 2.92. The molecule has 1 aliphatic heterocycles. The van der Waals surface area contributed by atoms with Crippen LogP contribution in [0.15, 0.2) is 30.3 Å². The van der Waals surface area contributed by atoms with Gasteiger partial charge in [-0.25, -0.2) is 0 Å². The van der Waals surface area contributed by atoms with Crippen LogP contribution in [0.25, 0.3) is 5.65 Å². The zero-order valence-electron chi connectivity index (χ0n) is 16.5. The van der Waals surface area contributed by atoms with Crippen molar-refractivity contribution in [2.45, 2.75) is 12.6 Å². The second-order valence-electron chi connectivity index (χ2n) is 6.89. The molecule has 0 unspecified atom stereocenters. The highest BCUT2D eigenvalue weighted by molar-refractivity contribution is 6.42. The van der Waals surface area contributed by atoms with Gasteiger partial charge in [0.15, 0.2) is 5.65 Å². The summed E-state index contributed by atoms with van der Waals surface area (Å²) in [5.74, 6) is -0.584. The van der Waals surface area contributed by atoms with E-state index in [-0.39, 0.29) is 5.65 Å². The van der Waals surface area contributed by atoms with Crippen molar-refractivity contribution in [1.29, 1.82) is 0 Å². The molecule has 31 heavy (non-hydrogen) atoms. The van der Waals surface area contributed by atoms with Crippen molar-refractivity contribution in [3.8, 4) is 0 Å². The number of alkyl halides is 3. The van der Waals surface area contributed by atoms with Gasteiger partial charge in [-0.2, -0.15) is 17.7 Å². The Hall–Kier alpha value is -2.43. The van der Waals surface area contributed by atoms with Crippen molar-refractivity contribution in [1.82, 2.24) is 24.7 Å². The Labute approximate surface area is 186 Å². The fraction of sp³-hybridized carbons (Fsp3) is 0.368.